The van der Waals surface area contributed by atoms with Crippen LogP contribution < -0.4 is 10.1 Å². The van der Waals surface area contributed by atoms with Gasteiger partial charge in [-0.05, 0) is 36.4 Å². The van der Waals surface area contributed by atoms with Crippen LogP contribution in [0.2, 0.25) is 0 Å². The van der Waals surface area contributed by atoms with Crippen molar-refractivity contribution in [2.75, 3.05) is 13.2 Å². The predicted octanol–water partition coefficient (Wildman–Crippen LogP) is 3.53. The molecule has 1 N–H and O–H groups in total. The minimum Gasteiger partial charge on any atom is -0.493 e. The first-order valence-corrected chi connectivity index (χ1v) is 8.16. The lowest BCUT2D eigenvalue weighted by atomic mass is 9.93. The fourth-order valence-corrected chi connectivity index (χ4v) is 3.45. The number of benzene rings is 1. The Hall–Kier alpha value is -1.81. The molecular weight excluding hydrogens is 282 g/mol. The van der Waals surface area contributed by atoms with E-state index in [4.69, 9.17) is 4.74 Å². The van der Waals surface area contributed by atoms with Gasteiger partial charge in [-0.2, -0.15) is 0 Å². The van der Waals surface area contributed by atoms with Crippen molar-refractivity contribution in [3.63, 3.8) is 0 Å². The van der Waals surface area contributed by atoms with Crippen LogP contribution in [0.15, 0.2) is 41.8 Å². The summed E-state index contributed by atoms with van der Waals surface area (Å²) in [6.07, 6.45) is 0.949. The second-order valence-corrected chi connectivity index (χ2v) is 6.33. The topological polar surface area (TPSA) is 38.3 Å². The maximum Gasteiger partial charge on any atom is 0.228 e. The first kappa shape index (κ1) is 14.1. The normalized spacial score (nSPS) is 18.4. The molecule has 0 unspecified atom stereocenters. The summed E-state index contributed by atoms with van der Waals surface area (Å²) in [5.41, 5.74) is 1.20. The zero-order chi connectivity index (χ0) is 14.7. The summed E-state index contributed by atoms with van der Waals surface area (Å²) in [6, 6.07) is 12.1. The fourth-order valence-electron chi connectivity index (χ4n) is 2.67. The Morgan fingerprint density at radius 2 is 2.24 bits per heavy atom. The Bertz CT molecular complexity index is 609. The number of thiophene rings is 1. The third-order valence-electron chi connectivity index (χ3n) is 3.97. The van der Waals surface area contributed by atoms with Gasteiger partial charge in [0.1, 0.15) is 5.75 Å². The van der Waals surface area contributed by atoms with Gasteiger partial charge in [-0.15, -0.1) is 11.3 Å². The van der Waals surface area contributed by atoms with Crippen LogP contribution in [0.5, 0.6) is 5.75 Å². The number of hydrogen-bond donors (Lipinski definition) is 1. The number of amides is 1. The van der Waals surface area contributed by atoms with Crippen molar-refractivity contribution in [2.45, 2.75) is 25.2 Å². The second kappa shape index (κ2) is 6.31. The van der Waals surface area contributed by atoms with Crippen molar-refractivity contribution in [1.82, 2.24) is 5.32 Å². The van der Waals surface area contributed by atoms with Crippen LogP contribution in [0, 0.1) is 0 Å². The third kappa shape index (κ3) is 3.10. The summed E-state index contributed by atoms with van der Waals surface area (Å²) >= 11 is 1.63. The molecule has 0 radical (unpaired) electrons. The molecule has 0 saturated heterocycles. The largest absolute Gasteiger partial charge is 0.493 e. The number of hydrogen-bond acceptors (Lipinski definition) is 3. The third-order valence-corrected chi connectivity index (χ3v) is 5.02. The van der Waals surface area contributed by atoms with Gasteiger partial charge in [0.15, 0.2) is 0 Å². The van der Waals surface area contributed by atoms with Gasteiger partial charge in [0, 0.05) is 17.3 Å². The predicted molar refractivity (Wildman–Crippen MR) is 85.0 cm³/mol. The second-order valence-electron chi connectivity index (χ2n) is 5.35. The Labute approximate surface area is 129 Å². The van der Waals surface area contributed by atoms with E-state index in [1.54, 1.807) is 11.3 Å². The summed E-state index contributed by atoms with van der Waals surface area (Å²) in [4.78, 5) is 13.4. The standard InChI is InChI=1S/C17H19NO2S/c1-12(16-7-4-10-21-16)17(19)18-11-13-8-9-20-15-6-3-2-5-14(13)15/h2-7,10,12-13H,8-9,11H2,1H3,(H,18,19)/t12-,13-/m0/s1. The molecule has 2 atom stereocenters. The Kier molecular flexibility index (Phi) is 4.25. The Balaban J connectivity index is 1.62. The van der Waals surface area contributed by atoms with Crippen molar-refractivity contribution < 1.29 is 9.53 Å². The molecule has 1 amide bonds. The summed E-state index contributed by atoms with van der Waals surface area (Å²) in [6.45, 7) is 3.35. The molecule has 21 heavy (non-hydrogen) atoms. The van der Waals surface area contributed by atoms with Crippen LogP contribution in [0.4, 0.5) is 0 Å². The minimum atomic E-state index is -0.0833. The molecule has 2 aromatic rings. The summed E-state index contributed by atoms with van der Waals surface area (Å²) in [7, 11) is 0. The number of nitrogens with one attached hydrogen (secondary N) is 1. The van der Waals surface area contributed by atoms with Crippen LogP contribution in [-0.2, 0) is 4.79 Å². The number of carbonyl (C=O) groups is 1. The highest BCUT2D eigenvalue weighted by atomic mass is 32.1. The van der Waals surface area contributed by atoms with E-state index in [0.29, 0.717) is 12.5 Å². The van der Waals surface area contributed by atoms with E-state index in [-0.39, 0.29) is 11.8 Å². The number of fused-ring (bicyclic) bond motifs is 1. The summed E-state index contributed by atoms with van der Waals surface area (Å²) < 4.78 is 5.66. The molecule has 2 heterocycles. The van der Waals surface area contributed by atoms with Gasteiger partial charge in [-0.1, -0.05) is 24.3 Å². The van der Waals surface area contributed by atoms with Gasteiger partial charge in [0.25, 0.3) is 0 Å². The number of para-hydroxylation sites is 1. The minimum absolute atomic E-state index is 0.0833. The van der Waals surface area contributed by atoms with E-state index >= 15 is 0 Å². The van der Waals surface area contributed by atoms with Crippen molar-refractivity contribution in [3.8, 4) is 5.75 Å². The molecule has 3 nitrogen and oxygen atoms in total. The van der Waals surface area contributed by atoms with E-state index in [2.05, 4.69) is 11.4 Å². The molecule has 1 aromatic heterocycles. The van der Waals surface area contributed by atoms with Crippen LogP contribution in [0.1, 0.15) is 35.6 Å². The van der Waals surface area contributed by atoms with Crippen molar-refractivity contribution >= 4 is 17.2 Å². The summed E-state index contributed by atoms with van der Waals surface area (Å²) in [5.74, 6) is 1.31. The zero-order valence-electron chi connectivity index (χ0n) is 12.0. The maximum absolute atomic E-state index is 12.3. The lowest BCUT2D eigenvalue weighted by Crippen LogP contribution is -2.33. The zero-order valence-corrected chi connectivity index (χ0v) is 12.9. The van der Waals surface area contributed by atoms with Gasteiger partial charge < -0.3 is 10.1 Å². The van der Waals surface area contributed by atoms with Gasteiger partial charge in [0.05, 0.1) is 12.5 Å². The van der Waals surface area contributed by atoms with Gasteiger partial charge in [-0.25, -0.2) is 0 Å². The molecule has 1 aliphatic rings. The fraction of sp³-hybridized carbons (Fsp3) is 0.353. The number of carbonyl (C=O) groups excluding carboxylic acids is 1. The highest BCUT2D eigenvalue weighted by Crippen LogP contribution is 2.33. The molecule has 0 spiro atoms. The van der Waals surface area contributed by atoms with Gasteiger partial charge >= 0.3 is 0 Å². The van der Waals surface area contributed by atoms with E-state index < -0.39 is 0 Å². The highest BCUT2D eigenvalue weighted by molar-refractivity contribution is 7.10. The first-order valence-electron chi connectivity index (χ1n) is 7.28. The average molecular weight is 301 g/mol. The van der Waals surface area contributed by atoms with Crippen molar-refractivity contribution in [3.05, 3.63) is 52.2 Å². The molecule has 1 aliphatic heterocycles. The van der Waals surface area contributed by atoms with Crippen molar-refractivity contribution in [1.29, 1.82) is 0 Å². The van der Waals surface area contributed by atoms with E-state index in [1.165, 1.54) is 5.56 Å². The Morgan fingerprint density at radius 3 is 3.05 bits per heavy atom. The molecule has 0 fully saturated rings. The number of ether oxygens (including phenoxy) is 1. The van der Waals surface area contributed by atoms with Crippen molar-refractivity contribution in [2.24, 2.45) is 0 Å². The van der Waals surface area contributed by atoms with Crippen LogP contribution >= 0.6 is 11.3 Å². The van der Waals surface area contributed by atoms with Crippen LogP contribution in [0.25, 0.3) is 0 Å². The molecular formula is C17H19NO2S. The smallest absolute Gasteiger partial charge is 0.228 e. The quantitative estimate of drug-likeness (QED) is 0.938. The molecule has 110 valence electrons. The van der Waals surface area contributed by atoms with Crippen LogP contribution in [0.3, 0.4) is 0 Å². The van der Waals surface area contributed by atoms with Gasteiger partial charge in [-0.3, -0.25) is 4.79 Å². The lowest BCUT2D eigenvalue weighted by molar-refractivity contribution is -0.122. The maximum atomic E-state index is 12.3. The highest BCUT2D eigenvalue weighted by Gasteiger charge is 2.23. The first-order chi connectivity index (χ1) is 10.3. The molecule has 3 rings (SSSR count). The number of rotatable bonds is 4. The average Bonchev–Trinajstić information content (AvgIpc) is 3.06. The van der Waals surface area contributed by atoms with Gasteiger partial charge in [0.2, 0.25) is 5.91 Å². The molecule has 1 aromatic carbocycles. The van der Waals surface area contributed by atoms with Crippen LogP contribution in [-0.4, -0.2) is 19.1 Å². The Morgan fingerprint density at radius 1 is 1.38 bits per heavy atom. The molecule has 0 bridgehead atoms. The molecule has 0 saturated carbocycles. The molecule has 4 heteroatoms. The molecule has 0 aliphatic carbocycles. The summed E-state index contributed by atoms with van der Waals surface area (Å²) in [5, 5.41) is 5.10. The monoisotopic (exact) mass is 301 g/mol. The van der Waals surface area contributed by atoms with E-state index in [1.807, 2.05) is 42.6 Å². The van der Waals surface area contributed by atoms with E-state index in [9.17, 15) is 4.79 Å². The van der Waals surface area contributed by atoms with E-state index in [0.717, 1.165) is 23.7 Å². The SMILES string of the molecule is C[C@H](C(=O)NC[C@@H]1CCOc2ccccc21)c1cccs1. The lowest BCUT2D eigenvalue weighted by Gasteiger charge is -2.26.